The predicted molar refractivity (Wildman–Crippen MR) is 42.3 cm³/mol. The Balaban J connectivity index is 0. The number of aromatic hydroxyl groups is 2. The van der Waals surface area contributed by atoms with Crippen LogP contribution in [0.25, 0.3) is 0 Å². The first-order chi connectivity index (χ1) is 5.54. The quantitative estimate of drug-likeness (QED) is 0.244. The first kappa shape index (κ1) is 12.2. The molecular weight excluding hydrogens is 185 g/mol. The summed E-state index contributed by atoms with van der Waals surface area (Å²) < 4.78 is 0. The summed E-state index contributed by atoms with van der Waals surface area (Å²) in [5, 5.41) is 28.3. The number of nitro benzene ring substituents is 1. The van der Waals surface area contributed by atoms with Crippen LogP contribution in [0.3, 0.4) is 0 Å². The monoisotopic (exact) mass is 193 g/mol. The fourth-order valence-electron chi connectivity index (χ4n) is 0.873. The third-order valence-corrected chi connectivity index (χ3v) is 1.58. The van der Waals surface area contributed by atoms with Crippen LogP contribution in [0.15, 0.2) is 12.1 Å². The molecule has 2 N–H and O–H groups in total. The van der Waals surface area contributed by atoms with E-state index >= 15 is 0 Å². The second kappa shape index (κ2) is 4.45. The summed E-state index contributed by atoms with van der Waals surface area (Å²) in [6.07, 6.45) is 0. The zero-order valence-electron chi connectivity index (χ0n) is 8.31. The van der Waals surface area contributed by atoms with Gasteiger partial charge < -0.3 is 11.6 Å². The molecular formula is C7H8NNaO4. The van der Waals surface area contributed by atoms with Gasteiger partial charge >= 0.3 is 29.6 Å². The molecule has 1 rings (SSSR count). The minimum absolute atomic E-state index is 0. The van der Waals surface area contributed by atoms with Crippen LogP contribution in [-0.4, -0.2) is 15.1 Å². The van der Waals surface area contributed by atoms with Crippen molar-refractivity contribution in [2.45, 2.75) is 6.92 Å². The molecule has 0 aliphatic carbocycles. The molecule has 0 atom stereocenters. The molecule has 5 nitrogen and oxygen atoms in total. The van der Waals surface area contributed by atoms with E-state index in [-0.39, 0.29) is 48.0 Å². The van der Waals surface area contributed by atoms with E-state index in [1.807, 2.05) is 0 Å². The number of hydrogen-bond acceptors (Lipinski definition) is 4. The topological polar surface area (TPSA) is 83.6 Å². The molecule has 0 amide bonds. The first-order valence-corrected chi connectivity index (χ1v) is 3.20. The fraction of sp³-hybridized carbons (Fsp3) is 0.143. The van der Waals surface area contributed by atoms with Gasteiger partial charge in [0.1, 0.15) is 0 Å². The van der Waals surface area contributed by atoms with Crippen LogP contribution in [0.4, 0.5) is 5.69 Å². The Kier molecular flexibility index (Phi) is 4.19. The molecule has 1 aromatic carbocycles. The van der Waals surface area contributed by atoms with E-state index in [4.69, 9.17) is 10.2 Å². The van der Waals surface area contributed by atoms with Crippen LogP contribution in [0.5, 0.6) is 11.5 Å². The van der Waals surface area contributed by atoms with Crippen LogP contribution in [-0.2, 0) is 0 Å². The van der Waals surface area contributed by atoms with Gasteiger partial charge in [-0.05, 0) is 13.0 Å². The van der Waals surface area contributed by atoms with Gasteiger partial charge in [-0.2, -0.15) is 0 Å². The van der Waals surface area contributed by atoms with E-state index in [9.17, 15) is 10.1 Å². The van der Waals surface area contributed by atoms with Gasteiger partial charge in [0.05, 0.1) is 10.5 Å². The maximum Gasteiger partial charge on any atom is 1.00 e. The van der Waals surface area contributed by atoms with E-state index in [0.29, 0.717) is 0 Å². The smallest absolute Gasteiger partial charge is 1.00 e. The van der Waals surface area contributed by atoms with Gasteiger partial charge in [0.25, 0.3) is 5.69 Å². The largest absolute Gasteiger partial charge is 1.00 e. The molecule has 0 saturated carbocycles. The van der Waals surface area contributed by atoms with Crippen molar-refractivity contribution in [3.8, 4) is 11.5 Å². The van der Waals surface area contributed by atoms with Crippen LogP contribution < -0.4 is 29.6 Å². The van der Waals surface area contributed by atoms with Crippen molar-refractivity contribution in [2.75, 3.05) is 0 Å². The van der Waals surface area contributed by atoms with Gasteiger partial charge in [-0.25, -0.2) is 0 Å². The molecule has 0 aliphatic rings. The Bertz CT molecular complexity index is 345. The number of benzene rings is 1. The van der Waals surface area contributed by atoms with Gasteiger partial charge in [0.2, 0.25) is 0 Å². The molecule has 13 heavy (non-hydrogen) atoms. The number of hydrogen-bond donors (Lipinski definition) is 2. The Morgan fingerprint density at radius 1 is 1.46 bits per heavy atom. The summed E-state index contributed by atoms with van der Waals surface area (Å²) in [5.41, 5.74) is -0.134. The van der Waals surface area contributed by atoms with Gasteiger partial charge in [-0.1, -0.05) is 0 Å². The number of phenolic OH excluding ortho intramolecular Hbond substituents is 2. The van der Waals surface area contributed by atoms with E-state index in [1.165, 1.54) is 6.92 Å². The van der Waals surface area contributed by atoms with Crippen molar-refractivity contribution < 1.29 is 46.1 Å². The summed E-state index contributed by atoms with van der Waals surface area (Å²) >= 11 is 0. The minimum Gasteiger partial charge on any atom is -1.00 e. The predicted octanol–water partition coefficient (Wildman–Crippen LogP) is -1.57. The molecule has 0 fully saturated rings. The van der Waals surface area contributed by atoms with E-state index in [2.05, 4.69) is 0 Å². The Morgan fingerprint density at radius 3 is 2.46 bits per heavy atom. The first-order valence-electron chi connectivity index (χ1n) is 3.20. The van der Waals surface area contributed by atoms with Crippen LogP contribution in [0.2, 0.25) is 0 Å². The molecule has 0 spiro atoms. The van der Waals surface area contributed by atoms with Crippen molar-refractivity contribution in [1.29, 1.82) is 0 Å². The van der Waals surface area contributed by atoms with Gasteiger partial charge in [-0.3, -0.25) is 10.1 Å². The van der Waals surface area contributed by atoms with Crippen molar-refractivity contribution in [1.82, 2.24) is 0 Å². The van der Waals surface area contributed by atoms with Crippen molar-refractivity contribution in [3.63, 3.8) is 0 Å². The maximum absolute atomic E-state index is 10.3. The summed E-state index contributed by atoms with van der Waals surface area (Å²) in [6.45, 7) is 1.37. The van der Waals surface area contributed by atoms with E-state index in [0.717, 1.165) is 12.1 Å². The molecule has 6 heteroatoms. The van der Waals surface area contributed by atoms with Crippen molar-refractivity contribution in [2.24, 2.45) is 0 Å². The summed E-state index contributed by atoms with van der Waals surface area (Å²) in [6, 6.07) is 2.23. The molecule has 0 aromatic heterocycles. The molecule has 0 aliphatic heterocycles. The van der Waals surface area contributed by atoms with E-state index in [1.54, 1.807) is 0 Å². The molecule has 66 valence electrons. The summed E-state index contributed by atoms with van der Waals surface area (Å²) in [4.78, 5) is 9.68. The van der Waals surface area contributed by atoms with Crippen LogP contribution in [0.1, 0.15) is 6.99 Å². The standard InChI is InChI=1S/C7H7NO4.Na.H/c1-4-5(8(11)12)2-3-6(9)7(4)10;;/h2-3,9-10H,1H3;;/q;+1;-1. The third-order valence-electron chi connectivity index (χ3n) is 1.58. The van der Waals surface area contributed by atoms with Crippen LogP contribution in [0, 0.1) is 17.0 Å². The number of nitrogens with zero attached hydrogens (tertiary/aromatic N) is 1. The maximum atomic E-state index is 10.3. The van der Waals surface area contributed by atoms with E-state index < -0.39 is 10.7 Å². The molecule has 0 heterocycles. The fourth-order valence-corrected chi connectivity index (χ4v) is 0.873. The Morgan fingerprint density at radius 2 is 2.00 bits per heavy atom. The van der Waals surface area contributed by atoms with Crippen molar-refractivity contribution in [3.05, 3.63) is 27.8 Å². The van der Waals surface area contributed by atoms with Crippen LogP contribution >= 0.6 is 0 Å². The zero-order valence-corrected chi connectivity index (χ0v) is 9.31. The average Bonchev–Trinajstić information content (AvgIpc) is 2.00. The molecule has 0 saturated heterocycles. The van der Waals surface area contributed by atoms with Crippen molar-refractivity contribution >= 4 is 5.69 Å². The summed E-state index contributed by atoms with van der Waals surface area (Å²) in [5.74, 6) is -0.790. The Hall–Kier alpha value is -0.780. The third kappa shape index (κ3) is 2.33. The number of phenols is 2. The number of nitro groups is 1. The molecule has 0 unspecified atom stereocenters. The summed E-state index contributed by atoms with van der Waals surface area (Å²) in [7, 11) is 0. The van der Waals surface area contributed by atoms with Gasteiger partial charge in [0, 0.05) is 6.07 Å². The van der Waals surface area contributed by atoms with Gasteiger partial charge in [-0.15, -0.1) is 0 Å². The second-order valence-electron chi connectivity index (χ2n) is 2.33. The average molecular weight is 193 g/mol. The van der Waals surface area contributed by atoms with Gasteiger partial charge in [0.15, 0.2) is 11.5 Å². The second-order valence-corrected chi connectivity index (χ2v) is 2.33. The molecule has 1 aromatic rings. The normalized spacial score (nSPS) is 9.00. The molecule has 0 radical (unpaired) electrons. The zero-order chi connectivity index (χ0) is 9.30. The Labute approximate surface area is 97.9 Å². The molecule has 0 bridgehead atoms. The minimum atomic E-state index is -0.617. The SMILES string of the molecule is Cc1c([N+](=O)[O-])ccc(O)c1O.[H-].[Na+]. The number of rotatable bonds is 1.